The highest BCUT2D eigenvalue weighted by Crippen LogP contribution is 2.23. The molecule has 0 atom stereocenters. The zero-order valence-corrected chi connectivity index (χ0v) is 11.1. The zero-order valence-electron chi connectivity index (χ0n) is 11.1. The third-order valence-corrected chi connectivity index (χ3v) is 2.99. The van der Waals surface area contributed by atoms with Gasteiger partial charge in [-0.15, -0.1) is 0 Å². The van der Waals surface area contributed by atoms with Crippen LogP contribution in [-0.4, -0.2) is 0 Å². The van der Waals surface area contributed by atoms with E-state index in [1.54, 1.807) is 12.2 Å². The highest BCUT2D eigenvalue weighted by atomic mass is 19.3. The van der Waals surface area contributed by atoms with E-state index in [0.717, 1.165) is 23.3 Å². The van der Waals surface area contributed by atoms with E-state index < -0.39 is 17.8 Å². The van der Waals surface area contributed by atoms with Crippen LogP contribution >= 0.6 is 0 Å². The van der Waals surface area contributed by atoms with Gasteiger partial charge in [-0.2, -0.15) is 5.26 Å². The van der Waals surface area contributed by atoms with Gasteiger partial charge in [0.15, 0.2) is 0 Å². The number of halogens is 3. The quantitative estimate of drug-likeness (QED) is 0.726. The second kappa shape index (κ2) is 6.76. The normalized spacial score (nSPS) is 11.0. The van der Waals surface area contributed by atoms with Crippen molar-refractivity contribution in [2.45, 2.75) is 12.8 Å². The lowest BCUT2D eigenvalue weighted by atomic mass is 10.1. The monoisotopic (exact) mass is 287 g/mol. The Morgan fingerprint density at radius 1 is 1.00 bits per heavy atom. The molecule has 0 heterocycles. The molecule has 0 aliphatic carbocycles. The summed E-state index contributed by atoms with van der Waals surface area (Å²) in [7, 11) is 0. The van der Waals surface area contributed by atoms with E-state index in [1.807, 2.05) is 24.3 Å². The van der Waals surface area contributed by atoms with Crippen LogP contribution in [0.2, 0.25) is 0 Å². The van der Waals surface area contributed by atoms with Gasteiger partial charge in [0, 0.05) is 0 Å². The Balaban J connectivity index is 2.17. The highest BCUT2D eigenvalue weighted by Gasteiger charge is 2.12. The van der Waals surface area contributed by atoms with Crippen molar-refractivity contribution in [3.05, 3.63) is 70.5 Å². The van der Waals surface area contributed by atoms with Crippen molar-refractivity contribution in [2.24, 2.45) is 0 Å². The maximum absolute atomic E-state index is 13.2. The molecule has 0 bridgehead atoms. The molecule has 0 aromatic heterocycles. The number of rotatable bonds is 4. The third kappa shape index (κ3) is 3.96. The van der Waals surface area contributed by atoms with E-state index in [-0.39, 0.29) is 0 Å². The van der Waals surface area contributed by atoms with Crippen molar-refractivity contribution in [1.29, 1.82) is 5.26 Å². The minimum absolute atomic E-state index is 0.347. The first-order valence-corrected chi connectivity index (χ1v) is 6.31. The first-order chi connectivity index (χ1) is 10.1. The molecule has 0 saturated heterocycles. The van der Waals surface area contributed by atoms with Crippen LogP contribution in [0.15, 0.2) is 42.5 Å². The molecular formula is C17H12F3N. The van der Waals surface area contributed by atoms with Crippen LogP contribution < -0.4 is 0 Å². The van der Waals surface area contributed by atoms with Crippen LogP contribution in [0.4, 0.5) is 13.2 Å². The molecule has 2 rings (SSSR count). The molecule has 2 aromatic carbocycles. The van der Waals surface area contributed by atoms with Crippen molar-refractivity contribution < 1.29 is 13.2 Å². The lowest BCUT2D eigenvalue weighted by molar-refractivity contribution is 0.146. The summed E-state index contributed by atoms with van der Waals surface area (Å²) >= 11 is 0. The molecule has 0 amide bonds. The number of nitriles is 1. The lowest BCUT2D eigenvalue weighted by Gasteiger charge is -2.03. The summed E-state index contributed by atoms with van der Waals surface area (Å²) in [5.41, 5.74) is 1.70. The average molecular weight is 287 g/mol. The predicted molar refractivity (Wildman–Crippen MR) is 76.0 cm³/mol. The van der Waals surface area contributed by atoms with Gasteiger partial charge in [0.1, 0.15) is 5.82 Å². The third-order valence-electron chi connectivity index (χ3n) is 2.99. The molecule has 106 valence electrons. The fraction of sp³-hybridized carbons (Fsp3) is 0.118. The molecule has 0 N–H and O–H groups in total. The van der Waals surface area contributed by atoms with Crippen molar-refractivity contribution in [2.75, 3.05) is 0 Å². The van der Waals surface area contributed by atoms with Crippen molar-refractivity contribution in [3.8, 4) is 6.07 Å². The van der Waals surface area contributed by atoms with Crippen molar-refractivity contribution in [1.82, 2.24) is 0 Å². The largest absolute Gasteiger partial charge is 0.266 e. The summed E-state index contributed by atoms with van der Waals surface area (Å²) in [6.45, 7) is 0. The molecule has 2 aromatic rings. The minimum atomic E-state index is -2.83. The van der Waals surface area contributed by atoms with Gasteiger partial charge in [0.25, 0.3) is 6.43 Å². The number of hydrogen-bond acceptors (Lipinski definition) is 1. The molecule has 21 heavy (non-hydrogen) atoms. The standard InChI is InChI=1S/C17H12F3N/c18-16-8-7-14(11-15(16)17(19)20)6-5-12-1-3-13(4-2-12)9-10-21/h1-8,11,17H,9H2/b6-5+. The summed E-state index contributed by atoms with van der Waals surface area (Å²) in [5, 5.41) is 8.58. The fourth-order valence-electron chi connectivity index (χ4n) is 1.86. The summed E-state index contributed by atoms with van der Waals surface area (Å²) < 4.78 is 38.4. The number of benzene rings is 2. The Kier molecular flexibility index (Phi) is 4.78. The SMILES string of the molecule is N#CCc1ccc(/C=C/c2ccc(F)c(C(F)F)c2)cc1. The molecule has 1 nitrogen and oxygen atoms in total. The van der Waals surface area contributed by atoms with E-state index in [0.29, 0.717) is 12.0 Å². The van der Waals surface area contributed by atoms with Crippen molar-refractivity contribution >= 4 is 12.2 Å². The first-order valence-electron chi connectivity index (χ1n) is 6.31. The van der Waals surface area contributed by atoms with Gasteiger partial charge in [-0.1, -0.05) is 42.5 Å². The Bertz CT molecular complexity index is 682. The second-order valence-corrected chi connectivity index (χ2v) is 4.49. The molecule has 4 heteroatoms. The zero-order chi connectivity index (χ0) is 15.2. The van der Waals surface area contributed by atoms with Gasteiger partial charge < -0.3 is 0 Å². The Morgan fingerprint density at radius 3 is 2.24 bits per heavy atom. The molecule has 0 radical (unpaired) electrons. The fourth-order valence-corrected chi connectivity index (χ4v) is 1.86. The molecule has 0 unspecified atom stereocenters. The van der Waals surface area contributed by atoms with Crippen LogP contribution in [0, 0.1) is 17.1 Å². The second-order valence-electron chi connectivity index (χ2n) is 4.49. The molecule has 0 aliphatic heterocycles. The van der Waals surface area contributed by atoms with E-state index in [1.165, 1.54) is 6.07 Å². The maximum Gasteiger partial charge on any atom is 0.266 e. The maximum atomic E-state index is 13.2. The highest BCUT2D eigenvalue weighted by molar-refractivity contribution is 5.70. The molecular weight excluding hydrogens is 275 g/mol. The molecule has 0 aliphatic rings. The van der Waals surface area contributed by atoms with E-state index in [4.69, 9.17) is 5.26 Å². The summed E-state index contributed by atoms with van der Waals surface area (Å²) in [5.74, 6) is -0.900. The van der Waals surface area contributed by atoms with Gasteiger partial charge in [-0.05, 0) is 28.8 Å². The van der Waals surface area contributed by atoms with Gasteiger partial charge in [-0.3, -0.25) is 0 Å². The van der Waals surface area contributed by atoms with Crippen LogP contribution in [0.25, 0.3) is 12.2 Å². The number of nitrogens with zero attached hydrogens (tertiary/aromatic N) is 1. The van der Waals surface area contributed by atoms with E-state index in [2.05, 4.69) is 6.07 Å². The summed E-state index contributed by atoms with van der Waals surface area (Å²) in [6, 6.07) is 13.0. The van der Waals surface area contributed by atoms with Gasteiger partial charge in [-0.25, -0.2) is 13.2 Å². The Morgan fingerprint density at radius 2 is 1.62 bits per heavy atom. The van der Waals surface area contributed by atoms with Gasteiger partial charge in [0.05, 0.1) is 18.1 Å². The van der Waals surface area contributed by atoms with Crippen LogP contribution in [0.5, 0.6) is 0 Å². The summed E-state index contributed by atoms with van der Waals surface area (Å²) in [4.78, 5) is 0. The number of alkyl halides is 2. The van der Waals surface area contributed by atoms with Crippen molar-refractivity contribution in [3.63, 3.8) is 0 Å². The smallest absolute Gasteiger partial charge is 0.206 e. The molecule has 0 saturated carbocycles. The predicted octanol–water partition coefficient (Wildman–Crippen LogP) is 5.00. The molecule has 0 spiro atoms. The van der Waals surface area contributed by atoms with Crippen LogP contribution in [0.3, 0.4) is 0 Å². The lowest BCUT2D eigenvalue weighted by Crippen LogP contribution is -1.91. The first kappa shape index (κ1) is 14.9. The Hall–Kier alpha value is -2.54. The number of hydrogen-bond donors (Lipinski definition) is 0. The van der Waals surface area contributed by atoms with E-state index in [9.17, 15) is 13.2 Å². The van der Waals surface area contributed by atoms with E-state index >= 15 is 0 Å². The summed E-state index contributed by atoms with van der Waals surface area (Å²) in [6.07, 6.45) is 0.909. The molecule has 0 fully saturated rings. The average Bonchev–Trinajstić information content (AvgIpc) is 2.48. The topological polar surface area (TPSA) is 23.8 Å². The van der Waals surface area contributed by atoms with Crippen LogP contribution in [-0.2, 0) is 6.42 Å². The van der Waals surface area contributed by atoms with Gasteiger partial charge in [0.2, 0.25) is 0 Å². The van der Waals surface area contributed by atoms with Gasteiger partial charge >= 0.3 is 0 Å². The Labute approximate surface area is 121 Å². The van der Waals surface area contributed by atoms with Crippen LogP contribution in [0.1, 0.15) is 28.7 Å². The minimum Gasteiger partial charge on any atom is -0.206 e.